The van der Waals surface area contributed by atoms with E-state index in [1.54, 1.807) is 24.3 Å². The van der Waals surface area contributed by atoms with Crippen LogP contribution < -0.4 is 10.7 Å². The number of thiophene rings is 1. The van der Waals surface area contributed by atoms with Crippen LogP contribution in [0.5, 0.6) is 0 Å². The molecule has 4 aromatic rings. The molecule has 0 saturated carbocycles. The largest absolute Gasteiger partial charge is 0.313 e. The molecule has 1 amide bonds. The van der Waals surface area contributed by atoms with Gasteiger partial charge in [0.25, 0.3) is 5.91 Å². The predicted molar refractivity (Wildman–Crippen MR) is 111 cm³/mol. The molecule has 0 fully saturated rings. The highest BCUT2D eigenvalue weighted by Gasteiger charge is 2.18. The van der Waals surface area contributed by atoms with Gasteiger partial charge in [-0.3, -0.25) is 9.59 Å². The number of hydrogen-bond donors (Lipinski definition) is 1. The summed E-state index contributed by atoms with van der Waals surface area (Å²) in [5.74, 6) is -0.334. The van der Waals surface area contributed by atoms with Crippen molar-refractivity contribution in [3.63, 3.8) is 0 Å². The molecule has 128 valence electrons. The number of benzene rings is 2. The molecule has 4 rings (SSSR count). The number of rotatable bonds is 3. The van der Waals surface area contributed by atoms with Gasteiger partial charge in [-0.1, -0.05) is 41.9 Å². The summed E-state index contributed by atoms with van der Waals surface area (Å²) < 4.78 is 0.826. The highest BCUT2D eigenvalue weighted by molar-refractivity contribution is 7.23. The maximum absolute atomic E-state index is 13.1. The van der Waals surface area contributed by atoms with Gasteiger partial charge in [0.1, 0.15) is 5.00 Å². The van der Waals surface area contributed by atoms with Crippen molar-refractivity contribution in [2.45, 2.75) is 0 Å². The number of anilines is 1. The molecule has 0 aliphatic rings. The van der Waals surface area contributed by atoms with Crippen LogP contribution in [0.15, 0.2) is 70.8 Å². The van der Waals surface area contributed by atoms with E-state index in [-0.39, 0.29) is 11.3 Å². The number of hydrogen-bond acceptors (Lipinski definition) is 4. The third-order valence-electron chi connectivity index (χ3n) is 3.91. The molecule has 0 spiro atoms. The van der Waals surface area contributed by atoms with Gasteiger partial charge in [-0.2, -0.15) is 0 Å². The predicted octanol–water partition coefficient (Wildman–Crippen LogP) is 5.90. The second kappa shape index (κ2) is 7.03. The summed E-state index contributed by atoms with van der Waals surface area (Å²) in [5.41, 5.74) is 0.805. The van der Waals surface area contributed by atoms with Crippen molar-refractivity contribution in [2.75, 3.05) is 5.32 Å². The molecule has 0 saturated heterocycles. The van der Waals surface area contributed by atoms with E-state index in [4.69, 9.17) is 11.6 Å². The molecule has 2 aromatic carbocycles. The van der Waals surface area contributed by atoms with Crippen molar-refractivity contribution in [3.05, 3.63) is 86.9 Å². The molecule has 26 heavy (non-hydrogen) atoms. The Labute approximate surface area is 162 Å². The van der Waals surface area contributed by atoms with Gasteiger partial charge in [0.2, 0.25) is 0 Å². The van der Waals surface area contributed by atoms with E-state index in [0.29, 0.717) is 26.5 Å². The highest BCUT2D eigenvalue weighted by Crippen LogP contribution is 2.36. The Bertz CT molecular complexity index is 1170. The zero-order chi connectivity index (χ0) is 18.1. The average Bonchev–Trinajstić information content (AvgIpc) is 3.16. The van der Waals surface area contributed by atoms with E-state index in [1.165, 1.54) is 22.7 Å². The van der Waals surface area contributed by atoms with Crippen LogP contribution in [0.25, 0.3) is 20.5 Å². The number of carbonyl (C=O) groups excluding carboxylic acids is 1. The Morgan fingerprint density at radius 2 is 1.73 bits per heavy atom. The van der Waals surface area contributed by atoms with Crippen molar-refractivity contribution in [1.29, 1.82) is 0 Å². The smallest absolute Gasteiger partial charge is 0.257 e. The fraction of sp³-hybridized carbons (Fsp3) is 0. The number of carbonyl (C=O) groups is 1. The van der Waals surface area contributed by atoms with Crippen LogP contribution >= 0.6 is 34.3 Å². The van der Waals surface area contributed by atoms with Crippen LogP contribution in [0.1, 0.15) is 10.4 Å². The first-order chi connectivity index (χ1) is 12.6. The summed E-state index contributed by atoms with van der Waals surface area (Å²) in [5, 5.41) is 6.35. The Morgan fingerprint density at radius 3 is 2.50 bits per heavy atom. The van der Waals surface area contributed by atoms with E-state index in [1.807, 2.05) is 41.8 Å². The molecule has 2 heterocycles. The first kappa shape index (κ1) is 17.0. The zero-order valence-electron chi connectivity index (χ0n) is 13.4. The molecule has 0 radical (unpaired) electrons. The zero-order valence-corrected chi connectivity index (χ0v) is 15.8. The first-order valence-corrected chi connectivity index (χ1v) is 9.88. The van der Waals surface area contributed by atoms with Gasteiger partial charge in [-0.25, -0.2) is 0 Å². The highest BCUT2D eigenvalue weighted by atomic mass is 35.5. The fourth-order valence-electron chi connectivity index (χ4n) is 2.69. The molecule has 3 nitrogen and oxygen atoms in total. The lowest BCUT2D eigenvalue weighted by molar-refractivity contribution is 0.102. The van der Waals surface area contributed by atoms with Gasteiger partial charge in [-0.15, -0.1) is 22.7 Å². The maximum Gasteiger partial charge on any atom is 0.257 e. The normalized spacial score (nSPS) is 10.8. The van der Waals surface area contributed by atoms with Gasteiger partial charge in [0, 0.05) is 15.0 Å². The van der Waals surface area contributed by atoms with Gasteiger partial charge < -0.3 is 5.32 Å². The molecule has 0 aliphatic carbocycles. The summed E-state index contributed by atoms with van der Waals surface area (Å²) in [7, 11) is 0. The van der Waals surface area contributed by atoms with Crippen LogP contribution in [0.2, 0.25) is 5.02 Å². The third-order valence-corrected chi connectivity index (χ3v) is 6.21. The number of nitrogens with one attached hydrogen (secondary N) is 1. The molecule has 0 aliphatic heterocycles. The second-order valence-corrected chi connectivity index (χ2v) is 7.95. The van der Waals surface area contributed by atoms with Crippen molar-refractivity contribution < 1.29 is 4.79 Å². The molecular weight excluding hydrogens is 386 g/mol. The Morgan fingerprint density at radius 1 is 0.962 bits per heavy atom. The summed E-state index contributed by atoms with van der Waals surface area (Å²) >= 11 is 8.99. The molecule has 1 N–H and O–H groups in total. The first-order valence-electron chi connectivity index (χ1n) is 7.81. The lowest BCUT2D eigenvalue weighted by Crippen LogP contribution is -2.15. The van der Waals surface area contributed by atoms with Crippen molar-refractivity contribution in [2.24, 2.45) is 0 Å². The van der Waals surface area contributed by atoms with E-state index in [9.17, 15) is 9.59 Å². The molecular formula is C20H12ClNO2S2. The van der Waals surface area contributed by atoms with Crippen LogP contribution in [-0.4, -0.2) is 5.91 Å². The monoisotopic (exact) mass is 397 g/mol. The van der Waals surface area contributed by atoms with Crippen LogP contribution in [0.4, 0.5) is 5.00 Å². The standard InChI is InChI=1S/C20H12ClNO2S2/c21-14-8-3-1-6-12(14)19(24)22-20-17(16-10-5-11-25-16)18(23)13-7-2-4-9-15(13)26-20/h1-11H,(H,22,24). The minimum atomic E-state index is -0.334. The summed E-state index contributed by atoms with van der Waals surface area (Å²) in [6.45, 7) is 0. The fourth-order valence-corrected chi connectivity index (χ4v) is 4.84. The Hall–Kier alpha value is -2.47. The third kappa shape index (κ3) is 3.05. The van der Waals surface area contributed by atoms with Crippen LogP contribution in [0, 0.1) is 0 Å². The molecule has 0 bridgehead atoms. The Kier molecular flexibility index (Phi) is 4.59. The topological polar surface area (TPSA) is 46.2 Å². The molecule has 6 heteroatoms. The maximum atomic E-state index is 13.1. The van der Waals surface area contributed by atoms with E-state index < -0.39 is 0 Å². The van der Waals surface area contributed by atoms with Gasteiger partial charge in [0.15, 0.2) is 5.43 Å². The van der Waals surface area contributed by atoms with Gasteiger partial charge >= 0.3 is 0 Å². The summed E-state index contributed by atoms with van der Waals surface area (Å²) in [6.07, 6.45) is 0. The van der Waals surface area contributed by atoms with Crippen LogP contribution in [-0.2, 0) is 0 Å². The quantitative estimate of drug-likeness (QED) is 0.468. The summed E-state index contributed by atoms with van der Waals surface area (Å²) in [6, 6.07) is 18.0. The minimum absolute atomic E-state index is 0.0868. The average molecular weight is 398 g/mol. The second-order valence-electron chi connectivity index (χ2n) is 5.54. The number of halogens is 1. The van der Waals surface area contributed by atoms with E-state index in [2.05, 4.69) is 5.32 Å². The van der Waals surface area contributed by atoms with Crippen molar-refractivity contribution in [1.82, 2.24) is 0 Å². The summed E-state index contributed by atoms with van der Waals surface area (Å²) in [4.78, 5) is 26.6. The molecule has 0 unspecified atom stereocenters. The SMILES string of the molecule is O=C(Nc1sc2ccccc2c(=O)c1-c1cccs1)c1ccccc1Cl. The lowest BCUT2D eigenvalue weighted by Gasteiger charge is -2.11. The lowest BCUT2D eigenvalue weighted by atomic mass is 10.1. The minimum Gasteiger partial charge on any atom is -0.313 e. The van der Waals surface area contributed by atoms with Crippen LogP contribution in [0.3, 0.4) is 0 Å². The van der Waals surface area contributed by atoms with Gasteiger partial charge in [-0.05, 0) is 35.7 Å². The van der Waals surface area contributed by atoms with Gasteiger partial charge in [0.05, 0.1) is 16.1 Å². The van der Waals surface area contributed by atoms with E-state index in [0.717, 1.165) is 9.58 Å². The number of fused-ring (bicyclic) bond motifs is 1. The van der Waals surface area contributed by atoms with E-state index >= 15 is 0 Å². The van der Waals surface area contributed by atoms with Crippen molar-refractivity contribution >= 4 is 55.3 Å². The van der Waals surface area contributed by atoms with Crippen molar-refractivity contribution in [3.8, 4) is 10.4 Å². The number of amides is 1. The molecule has 0 atom stereocenters. The molecule has 2 aromatic heterocycles. The Balaban J connectivity index is 1.89.